The molecule has 1 rings (SSSR count). The van der Waals surface area contributed by atoms with E-state index in [2.05, 4.69) is 22.9 Å². The predicted octanol–water partition coefficient (Wildman–Crippen LogP) is -0.0302. The Balaban J connectivity index is 2.45. The molecule has 0 spiro atoms. The molecule has 0 saturated carbocycles. The van der Waals surface area contributed by atoms with E-state index in [-0.39, 0.29) is 6.04 Å². The Hall–Kier alpha value is -0.850. The standard InChI is InChI=1S/C8H13N3/c1-2-4-11-5-3-10-7-8(11)6-9/h2,8,10H,1,3-5,7H2. The summed E-state index contributed by atoms with van der Waals surface area (Å²) in [5.74, 6) is 0. The fourth-order valence-electron chi connectivity index (χ4n) is 1.26. The molecule has 1 saturated heterocycles. The Morgan fingerprint density at radius 1 is 1.82 bits per heavy atom. The molecule has 0 aliphatic carbocycles. The molecule has 0 bridgehead atoms. The van der Waals surface area contributed by atoms with Gasteiger partial charge in [-0.05, 0) is 0 Å². The zero-order valence-electron chi connectivity index (χ0n) is 6.58. The van der Waals surface area contributed by atoms with E-state index in [1.54, 1.807) is 0 Å². The molecule has 0 aromatic carbocycles. The molecule has 1 unspecified atom stereocenters. The van der Waals surface area contributed by atoms with E-state index < -0.39 is 0 Å². The SMILES string of the molecule is C=CCN1CCNCC1C#N. The van der Waals surface area contributed by atoms with Crippen LogP contribution in [0.25, 0.3) is 0 Å². The number of hydrogen-bond acceptors (Lipinski definition) is 3. The van der Waals surface area contributed by atoms with Crippen LogP contribution >= 0.6 is 0 Å². The first-order valence-corrected chi connectivity index (χ1v) is 3.83. The van der Waals surface area contributed by atoms with Crippen molar-refractivity contribution in [2.45, 2.75) is 6.04 Å². The van der Waals surface area contributed by atoms with Crippen LogP contribution in [0.4, 0.5) is 0 Å². The molecular weight excluding hydrogens is 138 g/mol. The second-order valence-electron chi connectivity index (χ2n) is 2.63. The van der Waals surface area contributed by atoms with Gasteiger partial charge >= 0.3 is 0 Å². The van der Waals surface area contributed by atoms with Gasteiger partial charge in [0.1, 0.15) is 6.04 Å². The van der Waals surface area contributed by atoms with Gasteiger partial charge in [0.15, 0.2) is 0 Å². The number of hydrogen-bond donors (Lipinski definition) is 1. The van der Waals surface area contributed by atoms with Crippen LogP contribution in [0.1, 0.15) is 0 Å². The monoisotopic (exact) mass is 151 g/mol. The molecular formula is C8H13N3. The van der Waals surface area contributed by atoms with E-state index in [1.165, 1.54) is 0 Å². The van der Waals surface area contributed by atoms with Gasteiger partial charge in [-0.2, -0.15) is 5.26 Å². The van der Waals surface area contributed by atoms with Crippen LogP contribution < -0.4 is 5.32 Å². The molecule has 0 aromatic heterocycles. The minimum atomic E-state index is 0.0294. The summed E-state index contributed by atoms with van der Waals surface area (Å²) >= 11 is 0. The highest BCUT2D eigenvalue weighted by atomic mass is 15.2. The van der Waals surface area contributed by atoms with E-state index in [9.17, 15) is 0 Å². The van der Waals surface area contributed by atoms with E-state index in [0.717, 1.165) is 26.2 Å². The lowest BCUT2D eigenvalue weighted by molar-refractivity contribution is 0.218. The summed E-state index contributed by atoms with van der Waals surface area (Å²) in [7, 11) is 0. The Kier molecular flexibility index (Phi) is 3.09. The van der Waals surface area contributed by atoms with Crippen molar-refractivity contribution < 1.29 is 0 Å². The third-order valence-electron chi connectivity index (χ3n) is 1.87. The van der Waals surface area contributed by atoms with Crippen molar-refractivity contribution in [1.29, 1.82) is 5.26 Å². The minimum Gasteiger partial charge on any atom is -0.313 e. The maximum absolute atomic E-state index is 8.72. The lowest BCUT2D eigenvalue weighted by atomic mass is 10.2. The topological polar surface area (TPSA) is 39.1 Å². The highest BCUT2D eigenvalue weighted by Crippen LogP contribution is 2.00. The quantitative estimate of drug-likeness (QED) is 0.563. The molecule has 1 N–H and O–H groups in total. The summed E-state index contributed by atoms with van der Waals surface area (Å²) in [6, 6.07) is 2.28. The maximum Gasteiger partial charge on any atom is 0.111 e. The molecule has 1 aliphatic rings. The highest BCUT2D eigenvalue weighted by Gasteiger charge is 2.19. The van der Waals surface area contributed by atoms with E-state index in [0.29, 0.717) is 0 Å². The molecule has 1 fully saturated rings. The van der Waals surface area contributed by atoms with Crippen LogP contribution in [-0.2, 0) is 0 Å². The fraction of sp³-hybridized carbons (Fsp3) is 0.625. The van der Waals surface area contributed by atoms with Crippen molar-refractivity contribution >= 4 is 0 Å². The van der Waals surface area contributed by atoms with Crippen LogP contribution in [0, 0.1) is 11.3 Å². The molecule has 0 aromatic rings. The van der Waals surface area contributed by atoms with Crippen LogP contribution in [0.5, 0.6) is 0 Å². The smallest absolute Gasteiger partial charge is 0.111 e. The Bertz CT molecular complexity index is 171. The average Bonchev–Trinajstić information content (AvgIpc) is 2.06. The molecule has 1 aliphatic heterocycles. The van der Waals surface area contributed by atoms with Gasteiger partial charge in [0, 0.05) is 26.2 Å². The molecule has 3 nitrogen and oxygen atoms in total. The van der Waals surface area contributed by atoms with Crippen LogP contribution in [0.2, 0.25) is 0 Å². The molecule has 0 radical (unpaired) electrons. The predicted molar refractivity (Wildman–Crippen MR) is 44.0 cm³/mol. The maximum atomic E-state index is 8.72. The lowest BCUT2D eigenvalue weighted by Crippen LogP contribution is -2.50. The Morgan fingerprint density at radius 2 is 2.64 bits per heavy atom. The van der Waals surface area contributed by atoms with Crippen molar-refractivity contribution in [1.82, 2.24) is 10.2 Å². The lowest BCUT2D eigenvalue weighted by Gasteiger charge is -2.30. The first-order valence-electron chi connectivity index (χ1n) is 3.83. The second-order valence-corrected chi connectivity index (χ2v) is 2.63. The zero-order chi connectivity index (χ0) is 8.10. The molecule has 1 heterocycles. The molecule has 0 amide bonds. The fourth-order valence-corrected chi connectivity index (χ4v) is 1.26. The van der Waals surface area contributed by atoms with Crippen molar-refractivity contribution in [2.75, 3.05) is 26.2 Å². The normalized spacial score (nSPS) is 25.9. The summed E-state index contributed by atoms with van der Waals surface area (Å²) in [5.41, 5.74) is 0. The summed E-state index contributed by atoms with van der Waals surface area (Å²) in [4.78, 5) is 2.13. The summed E-state index contributed by atoms with van der Waals surface area (Å²) < 4.78 is 0. The summed E-state index contributed by atoms with van der Waals surface area (Å²) in [6.07, 6.45) is 1.84. The number of nitrogens with one attached hydrogen (secondary N) is 1. The van der Waals surface area contributed by atoms with Crippen LogP contribution in [-0.4, -0.2) is 37.1 Å². The zero-order valence-corrected chi connectivity index (χ0v) is 6.58. The first-order chi connectivity index (χ1) is 5.38. The van der Waals surface area contributed by atoms with E-state index in [4.69, 9.17) is 5.26 Å². The number of nitriles is 1. The summed E-state index contributed by atoms with van der Waals surface area (Å²) in [5, 5.41) is 11.9. The van der Waals surface area contributed by atoms with Crippen molar-refractivity contribution in [3.8, 4) is 6.07 Å². The van der Waals surface area contributed by atoms with Gasteiger partial charge in [0.25, 0.3) is 0 Å². The Morgan fingerprint density at radius 3 is 3.27 bits per heavy atom. The van der Waals surface area contributed by atoms with Crippen molar-refractivity contribution in [2.24, 2.45) is 0 Å². The van der Waals surface area contributed by atoms with E-state index in [1.807, 2.05) is 6.08 Å². The largest absolute Gasteiger partial charge is 0.313 e. The third kappa shape index (κ3) is 2.04. The first kappa shape index (κ1) is 8.25. The van der Waals surface area contributed by atoms with Crippen molar-refractivity contribution in [3.05, 3.63) is 12.7 Å². The number of nitrogens with zero attached hydrogens (tertiary/aromatic N) is 2. The average molecular weight is 151 g/mol. The third-order valence-corrected chi connectivity index (χ3v) is 1.87. The minimum absolute atomic E-state index is 0.0294. The molecule has 1 atom stereocenters. The van der Waals surface area contributed by atoms with Crippen LogP contribution in [0.15, 0.2) is 12.7 Å². The Labute approximate surface area is 67.3 Å². The van der Waals surface area contributed by atoms with Gasteiger partial charge in [0.2, 0.25) is 0 Å². The molecule has 3 heteroatoms. The van der Waals surface area contributed by atoms with Gasteiger partial charge in [-0.1, -0.05) is 6.08 Å². The van der Waals surface area contributed by atoms with Crippen LogP contribution in [0.3, 0.4) is 0 Å². The van der Waals surface area contributed by atoms with Gasteiger partial charge in [-0.15, -0.1) is 6.58 Å². The van der Waals surface area contributed by atoms with Gasteiger partial charge < -0.3 is 5.32 Å². The number of rotatable bonds is 2. The van der Waals surface area contributed by atoms with Gasteiger partial charge in [-0.3, -0.25) is 4.90 Å². The summed E-state index contributed by atoms with van der Waals surface area (Å²) in [6.45, 7) is 7.18. The molecule has 11 heavy (non-hydrogen) atoms. The van der Waals surface area contributed by atoms with Gasteiger partial charge in [-0.25, -0.2) is 0 Å². The van der Waals surface area contributed by atoms with E-state index >= 15 is 0 Å². The highest BCUT2D eigenvalue weighted by molar-refractivity contribution is 4.97. The number of piperazine rings is 1. The molecule has 60 valence electrons. The van der Waals surface area contributed by atoms with Crippen molar-refractivity contribution in [3.63, 3.8) is 0 Å². The second kappa shape index (κ2) is 4.12. The van der Waals surface area contributed by atoms with Gasteiger partial charge in [0.05, 0.1) is 6.07 Å².